The van der Waals surface area contributed by atoms with Crippen LogP contribution in [0.1, 0.15) is 0 Å². The van der Waals surface area contributed by atoms with Gasteiger partial charge in [-0.1, -0.05) is 0 Å². The molecule has 1 aromatic rings. The van der Waals surface area contributed by atoms with E-state index >= 15 is 0 Å². The first-order chi connectivity index (χ1) is 12.2. The standard InChI is InChI=1S/C16H16F3IN2O4/c17-10-5-8(20)1-2-11(10)22-14-13(18)12(26-7-9(24)6-23)3-4-16(14,19)15(21)25/h1-5,9,14,22-24H,6-7H2,(H2,21,25)/t9-,14?,16?/m1/s1. The summed E-state index contributed by atoms with van der Waals surface area (Å²) >= 11 is 1.86. The molecule has 0 spiro atoms. The average Bonchev–Trinajstić information content (AvgIpc) is 2.59. The van der Waals surface area contributed by atoms with Crippen molar-refractivity contribution in [2.75, 3.05) is 18.5 Å². The van der Waals surface area contributed by atoms with E-state index in [-0.39, 0.29) is 5.69 Å². The maximum absolute atomic E-state index is 15.0. The van der Waals surface area contributed by atoms with Gasteiger partial charge < -0.3 is 26.0 Å². The van der Waals surface area contributed by atoms with Crippen molar-refractivity contribution in [3.05, 3.63) is 51.3 Å². The van der Waals surface area contributed by atoms with Crippen LogP contribution >= 0.6 is 22.6 Å². The monoisotopic (exact) mass is 484 g/mol. The number of benzene rings is 1. The number of primary amides is 1. The predicted molar refractivity (Wildman–Crippen MR) is 95.9 cm³/mol. The van der Waals surface area contributed by atoms with Crippen molar-refractivity contribution in [1.29, 1.82) is 0 Å². The van der Waals surface area contributed by atoms with Gasteiger partial charge in [-0.15, -0.1) is 0 Å². The summed E-state index contributed by atoms with van der Waals surface area (Å²) in [5.74, 6) is -3.96. The van der Waals surface area contributed by atoms with Crippen LogP contribution in [0.25, 0.3) is 0 Å². The van der Waals surface area contributed by atoms with Gasteiger partial charge in [0.15, 0.2) is 11.6 Å². The molecule has 1 aliphatic carbocycles. The van der Waals surface area contributed by atoms with Crippen LogP contribution in [0.4, 0.5) is 18.9 Å². The van der Waals surface area contributed by atoms with Gasteiger partial charge in [-0.25, -0.2) is 13.2 Å². The summed E-state index contributed by atoms with van der Waals surface area (Å²) in [7, 11) is 0. The molecule has 0 aromatic heterocycles. The van der Waals surface area contributed by atoms with Gasteiger partial charge >= 0.3 is 0 Å². The third kappa shape index (κ3) is 4.30. The highest BCUT2D eigenvalue weighted by atomic mass is 127. The van der Waals surface area contributed by atoms with Gasteiger partial charge in [0.25, 0.3) is 5.91 Å². The van der Waals surface area contributed by atoms with Crippen LogP contribution in [0.3, 0.4) is 0 Å². The third-order valence-corrected chi connectivity index (χ3v) is 4.31. The van der Waals surface area contributed by atoms with Gasteiger partial charge in [-0.3, -0.25) is 4.79 Å². The second kappa shape index (κ2) is 8.27. The lowest BCUT2D eigenvalue weighted by Gasteiger charge is -2.32. The molecule has 0 saturated carbocycles. The summed E-state index contributed by atoms with van der Waals surface area (Å²) in [6.45, 7) is -1.09. The zero-order valence-electron chi connectivity index (χ0n) is 13.3. The normalized spacial score (nSPS) is 23.7. The lowest BCUT2D eigenvalue weighted by Crippen LogP contribution is -2.53. The highest BCUT2D eigenvalue weighted by Gasteiger charge is 2.49. The Morgan fingerprint density at radius 3 is 2.73 bits per heavy atom. The molecule has 3 atom stereocenters. The van der Waals surface area contributed by atoms with Gasteiger partial charge in [0.1, 0.15) is 24.6 Å². The van der Waals surface area contributed by atoms with E-state index in [1.54, 1.807) is 0 Å². The Morgan fingerprint density at radius 2 is 2.15 bits per heavy atom. The fourth-order valence-electron chi connectivity index (χ4n) is 2.21. The molecule has 0 heterocycles. The van der Waals surface area contributed by atoms with E-state index in [4.69, 9.17) is 15.6 Å². The molecule has 0 fully saturated rings. The molecule has 0 aliphatic heterocycles. The van der Waals surface area contributed by atoms with Gasteiger partial charge in [-0.2, -0.15) is 0 Å². The number of hydrogen-bond acceptors (Lipinski definition) is 5. The fourth-order valence-corrected chi connectivity index (χ4v) is 2.66. The van der Waals surface area contributed by atoms with Crippen LogP contribution < -0.4 is 11.1 Å². The molecular formula is C16H16F3IN2O4. The van der Waals surface area contributed by atoms with Crippen LogP contribution in [0.2, 0.25) is 0 Å². The molecule has 2 rings (SSSR count). The number of rotatable bonds is 7. The van der Waals surface area contributed by atoms with Crippen LogP contribution in [0.15, 0.2) is 41.9 Å². The Balaban J connectivity index is 2.36. The number of aliphatic hydroxyl groups is 2. The zero-order valence-corrected chi connectivity index (χ0v) is 15.4. The topological polar surface area (TPSA) is 105 Å². The van der Waals surface area contributed by atoms with Gasteiger partial charge in [0.2, 0.25) is 5.67 Å². The Labute approximate surface area is 160 Å². The van der Waals surface area contributed by atoms with Crippen molar-refractivity contribution in [2.45, 2.75) is 17.8 Å². The molecule has 5 N–H and O–H groups in total. The summed E-state index contributed by atoms with van der Waals surface area (Å²) in [4.78, 5) is 11.5. The van der Waals surface area contributed by atoms with E-state index in [0.717, 1.165) is 12.1 Å². The SMILES string of the molecule is NC(=O)C1(F)C=CC(OC[C@H](O)CO)=C(F)C1Nc1ccc(I)cc1F. The number of aliphatic hydroxyl groups excluding tert-OH is 2. The van der Waals surface area contributed by atoms with Gasteiger partial charge in [0.05, 0.1) is 12.3 Å². The number of halogens is 4. The van der Waals surface area contributed by atoms with Crippen molar-refractivity contribution in [3.8, 4) is 0 Å². The van der Waals surface area contributed by atoms with E-state index in [1.165, 1.54) is 12.1 Å². The molecule has 0 saturated heterocycles. The number of alkyl halides is 1. The van der Waals surface area contributed by atoms with E-state index in [2.05, 4.69) is 5.32 Å². The summed E-state index contributed by atoms with van der Waals surface area (Å²) in [5, 5.41) is 20.3. The molecule has 0 bridgehead atoms. The average molecular weight is 484 g/mol. The summed E-state index contributed by atoms with van der Waals surface area (Å²) in [6.07, 6.45) is 0.269. The minimum absolute atomic E-state index is 0.237. The first kappa shape index (κ1) is 20.5. The second-order valence-corrected chi connectivity index (χ2v) is 6.77. The smallest absolute Gasteiger partial charge is 0.261 e. The quantitative estimate of drug-likeness (QED) is 0.440. The summed E-state index contributed by atoms with van der Waals surface area (Å²) in [6, 6.07) is 1.94. The molecule has 2 unspecified atom stereocenters. The highest BCUT2D eigenvalue weighted by Crippen LogP contribution is 2.35. The van der Waals surface area contributed by atoms with Crippen LogP contribution in [-0.4, -0.2) is 47.1 Å². The molecule has 1 aromatic carbocycles. The Morgan fingerprint density at radius 1 is 1.46 bits per heavy atom. The number of ether oxygens (including phenoxy) is 1. The molecule has 0 radical (unpaired) electrons. The fraction of sp³-hybridized carbons (Fsp3) is 0.312. The number of nitrogens with one attached hydrogen (secondary N) is 1. The number of carbonyl (C=O) groups excluding carboxylic acids is 1. The minimum Gasteiger partial charge on any atom is -0.488 e. The highest BCUT2D eigenvalue weighted by molar-refractivity contribution is 14.1. The largest absolute Gasteiger partial charge is 0.488 e. The maximum Gasteiger partial charge on any atom is 0.261 e. The van der Waals surface area contributed by atoms with Crippen molar-refractivity contribution >= 4 is 34.2 Å². The molecule has 26 heavy (non-hydrogen) atoms. The Kier molecular flexibility index (Phi) is 6.53. The van der Waals surface area contributed by atoms with E-state index < -0.39 is 54.3 Å². The van der Waals surface area contributed by atoms with Gasteiger partial charge in [0, 0.05) is 3.57 Å². The van der Waals surface area contributed by atoms with Crippen molar-refractivity contribution in [3.63, 3.8) is 0 Å². The van der Waals surface area contributed by atoms with Crippen molar-refractivity contribution in [1.82, 2.24) is 0 Å². The predicted octanol–water partition coefficient (Wildman–Crippen LogP) is 1.53. The molecular weight excluding hydrogens is 468 g/mol. The van der Waals surface area contributed by atoms with Crippen LogP contribution in [-0.2, 0) is 9.53 Å². The third-order valence-electron chi connectivity index (χ3n) is 3.64. The lowest BCUT2D eigenvalue weighted by molar-refractivity contribution is -0.127. The molecule has 10 heteroatoms. The van der Waals surface area contributed by atoms with E-state index in [9.17, 15) is 23.1 Å². The first-order valence-corrected chi connectivity index (χ1v) is 8.48. The molecule has 1 amide bonds. The number of allylic oxidation sites excluding steroid dienone is 1. The van der Waals surface area contributed by atoms with Crippen LogP contribution in [0, 0.1) is 9.39 Å². The van der Waals surface area contributed by atoms with E-state index in [1.807, 2.05) is 22.6 Å². The summed E-state index contributed by atoms with van der Waals surface area (Å²) in [5.41, 5.74) is 1.85. The van der Waals surface area contributed by atoms with Gasteiger partial charge in [-0.05, 0) is 52.9 Å². The number of nitrogens with two attached hydrogens (primary N) is 1. The lowest BCUT2D eigenvalue weighted by atomic mass is 9.89. The van der Waals surface area contributed by atoms with Crippen molar-refractivity contribution < 1.29 is 32.9 Å². The van der Waals surface area contributed by atoms with Crippen molar-refractivity contribution in [2.24, 2.45) is 5.73 Å². The zero-order chi connectivity index (χ0) is 19.5. The van der Waals surface area contributed by atoms with E-state index in [0.29, 0.717) is 9.65 Å². The Bertz CT molecular complexity index is 759. The molecule has 1 aliphatic rings. The number of amides is 1. The number of carbonyl (C=O) groups is 1. The number of anilines is 1. The maximum atomic E-state index is 15.0. The first-order valence-electron chi connectivity index (χ1n) is 7.40. The number of hydrogen-bond donors (Lipinski definition) is 4. The minimum atomic E-state index is -2.97. The Hall–Kier alpha value is -1.79. The molecule has 142 valence electrons. The molecule has 6 nitrogen and oxygen atoms in total. The second-order valence-electron chi connectivity index (χ2n) is 5.53. The summed E-state index contributed by atoms with van der Waals surface area (Å²) < 4.78 is 49.3. The van der Waals surface area contributed by atoms with Crippen LogP contribution in [0.5, 0.6) is 0 Å².